The normalized spacial score (nSPS) is 41.1. The fourth-order valence-corrected chi connectivity index (χ4v) is 2.55. The molecule has 6 nitrogen and oxygen atoms in total. The number of ether oxygens (including phenoxy) is 4. The van der Waals surface area contributed by atoms with Gasteiger partial charge in [-0.05, 0) is 0 Å². The van der Waals surface area contributed by atoms with Gasteiger partial charge in [-0.3, -0.25) is 0 Å². The van der Waals surface area contributed by atoms with Crippen molar-refractivity contribution in [2.45, 2.75) is 37.0 Å². The molecule has 0 bridgehead atoms. The van der Waals surface area contributed by atoms with Crippen LogP contribution in [0.4, 0.5) is 0 Å². The first kappa shape index (κ1) is 13.9. The number of rotatable bonds is 2. The van der Waals surface area contributed by atoms with Gasteiger partial charge in [-0.2, -0.15) is 0 Å². The molecule has 2 fully saturated rings. The van der Waals surface area contributed by atoms with Crippen molar-refractivity contribution < 1.29 is 29.2 Å². The predicted octanol–water partition coefficient (Wildman–Crippen LogP) is 0.194. The molecule has 0 aliphatic carbocycles. The molecule has 20 heavy (non-hydrogen) atoms. The second kappa shape index (κ2) is 5.77. The van der Waals surface area contributed by atoms with Crippen molar-refractivity contribution in [3.05, 3.63) is 35.9 Å². The van der Waals surface area contributed by atoms with Crippen LogP contribution < -0.4 is 0 Å². The fraction of sp³-hybridized carbons (Fsp3) is 0.571. The van der Waals surface area contributed by atoms with Gasteiger partial charge in [0.2, 0.25) is 0 Å². The van der Waals surface area contributed by atoms with E-state index >= 15 is 0 Å². The first-order valence-electron chi connectivity index (χ1n) is 6.57. The standard InChI is InChI=1S/C14H18O6/c1-17-14-11(16)10(15)12-9(19-14)7-18-13(20-12)8-5-3-2-4-6-8/h2-6,9-16H,7H2,1H3/t9-,10-,11+,12-,13+,14+/m1/s1. The molecule has 0 amide bonds. The van der Waals surface area contributed by atoms with Crippen LogP contribution in [0, 0.1) is 0 Å². The molecule has 1 aromatic carbocycles. The zero-order valence-corrected chi connectivity index (χ0v) is 11.1. The second-order valence-corrected chi connectivity index (χ2v) is 4.94. The zero-order chi connectivity index (χ0) is 14.1. The number of methoxy groups -OCH3 is 1. The Hall–Kier alpha value is -1.02. The highest BCUT2D eigenvalue weighted by molar-refractivity contribution is 5.16. The smallest absolute Gasteiger partial charge is 0.186 e. The van der Waals surface area contributed by atoms with Crippen molar-refractivity contribution in [3.8, 4) is 0 Å². The van der Waals surface area contributed by atoms with Gasteiger partial charge in [0.1, 0.15) is 24.4 Å². The van der Waals surface area contributed by atoms with Crippen molar-refractivity contribution in [2.75, 3.05) is 13.7 Å². The Morgan fingerprint density at radius 2 is 1.85 bits per heavy atom. The van der Waals surface area contributed by atoms with Gasteiger partial charge in [-0.15, -0.1) is 0 Å². The number of aliphatic hydroxyl groups is 2. The maximum absolute atomic E-state index is 10.1. The van der Waals surface area contributed by atoms with Crippen molar-refractivity contribution in [1.82, 2.24) is 0 Å². The third kappa shape index (κ3) is 2.46. The maximum Gasteiger partial charge on any atom is 0.186 e. The lowest BCUT2D eigenvalue weighted by molar-refractivity contribution is -0.358. The molecule has 6 heteroatoms. The summed E-state index contributed by atoms with van der Waals surface area (Å²) in [6, 6.07) is 9.45. The minimum Gasteiger partial charge on any atom is -0.387 e. The Labute approximate surface area is 116 Å². The summed E-state index contributed by atoms with van der Waals surface area (Å²) in [4.78, 5) is 0. The van der Waals surface area contributed by atoms with E-state index in [-0.39, 0.29) is 6.61 Å². The van der Waals surface area contributed by atoms with E-state index in [0.717, 1.165) is 5.56 Å². The molecule has 2 heterocycles. The molecule has 0 radical (unpaired) electrons. The fourth-order valence-electron chi connectivity index (χ4n) is 2.55. The van der Waals surface area contributed by atoms with Gasteiger partial charge >= 0.3 is 0 Å². The average Bonchev–Trinajstić information content (AvgIpc) is 2.51. The molecule has 2 aliphatic rings. The van der Waals surface area contributed by atoms with Gasteiger partial charge in [-0.1, -0.05) is 30.3 Å². The largest absolute Gasteiger partial charge is 0.387 e. The van der Waals surface area contributed by atoms with Crippen LogP contribution in [-0.2, 0) is 18.9 Å². The monoisotopic (exact) mass is 282 g/mol. The summed E-state index contributed by atoms with van der Waals surface area (Å²) in [5.41, 5.74) is 0.863. The van der Waals surface area contributed by atoms with Gasteiger partial charge in [0.05, 0.1) is 6.61 Å². The third-order valence-electron chi connectivity index (χ3n) is 3.64. The Kier molecular flexibility index (Phi) is 4.02. The van der Waals surface area contributed by atoms with E-state index in [9.17, 15) is 10.2 Å². The summed E-state index contributed by atoms with van der Waals surface area (Å²) in [7, 11) is 1.41. The number of aliphatic hydroxyl groups excluding tert-OH is 2. The molecule has 6 atom stereocenters. The van der Waals surface area contributed by atoms with Crippen LogP contribution in [0.5, 0.6) is 0 Å². The van der Waals surface area contributed by atoms with Gasteiger partial charge in [0, 0.05) is 12.7 Å². The SMILES string of the molecule is CO[C@H]1O[C@@H]2CO[C@H](c3ccccc3)O[C@H]2[C@H](O)[C@@H]1O. The second-order valence-electron chi connectivity index (χ2n) is 4.94. The summed E-state index contributed by atoms with van der Waals surface area (Å²) in [5, 5.41) is 20.1. The Morgan fingerprint density at radius 3 is 2.55 bits per heavy atom. The number of hydrogen-bond donors (Lipinski definition) is 2. The van der Waals surface area contributed by atoms with Crippen LogP contribution in [0.3, 0.4) is 0 Å². The Morgan fingerprint density at radius 1 is 1.10 bits per heavy atom. The van der Waals surface area contributed by atoms with E-state index in [4.69, 9.17) is 18.9 Å². The van der Waals surface area contributed by atoms with E-state index in [1.807, 2.05) is 30.3 Å². The molecule has 2 aliphatic heterocycles. The highest BCUT2D eigenvalue weighted by atomic mass is 16.7. The number of fused-ring (bicyclic) bond motifs is 1. The summed E-state index contributed by atoms with van der Waals surface area (Å²) in [5.74, 6) is 0. The van der Waals surface area contributed by atoms with E-state index in [2.05, 4.69) is 0 Å². The van der Waals surface area contributed by atoms with E-state index in [1.54, 1.807) is 0 Å². The van der Waals surface area contributed by atoms with E-state index < -0.39 is 37.0 Å². The highest BCUT2D eigenvalue weighted by Gasteiger charge is 2.48. The zero-order valence-electron chi connectivity index (χ0n) is 11.1. The predicted molar refractivity (Wildman–Crippen MR) is 67.7 cm³/mol. The molecule has 0 saturated carbocycles. The van der Waals surface area contributed by atoms with E-state index in [0.29, 0.717) is 0 Å². The first-order valence-corrected chi connectivity index (χ1v) is 6.57. The maximum atomic E-state index is 10.1. The van der Waals surface area contributed by atoms with Crippen molar-refractivity contribution in [3.63, 3.8) is 0 Å². The summed E-state index contributed by atoms with van der Waals surface area (Å²) >= 11 is 0. The number of hydrogen-bond acceptors (Lipinski definition) is 6. The molecule has 110 valence electrons. The van der Waals surface area contributed by atoms with Crippen LogP contribution in [0.1, 0.15) is 11.9 Å². The van der Waals surface area contributed by atoms with Gasteiger partial charge in [-0.25, -0.2) is 0 Å². The van der Waals surface area contributed by atoms with Gasteiger partial charge < -0.3 is 29.2 Å². The lowest BCUT2D eigenvalue weighted by atomic mass is 9.98. The van der Waals surface area contributed by atoms with Crippen LogP contribution in [0.15, 0.2) is 30.3 Å². The van der Waals surface area contributed by atoms with Crippen molar-refractivity contribution >= 4 is 0 Å². The number of benzene rings is 1. The van der Waals surface area contributed by atoms with E-state index in [1.165, 1.54) is 7.11 Å². The summed E-state index contributed by atoms with van der Waals surface area (Å²) in [6.45, 7) is 0.272. The van der Waals surface area contributed by atoms with Crippen LogP contribution in [0.25, 0.3) is 0 Å². The molecule has 2 saturated heterocycles. The van der Waals surface area contributed by atoms with Crippen LogP contribution in [0.2, 0.25) is 0 Å². The molecular formula is C14H18O6. The van der Waals surface area contributed by atoms with Crippen LogP contribution in [-0.4, -0.2) is 54.6 Å². The molecule has 0 spiro atoms. The van der Waals surface area contributed by atoms with Crippen molar-refractivity contribution in [2.24, 2.45) is 0 Å². The molecule has 0 unspecified atom stereocenters. The lowest BCUT2D eigenvalue weighted by Crippen LogP contribution is -2.62. The third-order valence-corrected chi connectivity index (χ3v) is 3.64. The van der Waals surface area contributed by atoms with Gasteiger partial charge in [0.25, 0.3) is 0 Å². The molecule has 0 aromatic heterocycles. The molecular weight excluding hydrogens is 264 g/mol. The first-order chi connectivity index (χ1) is 9.70. The molecule has 2 N–H and O–H groups in total. The summed E-state index contributed by atoms with van der Waals surface area (Å²) < 4.78 is 21.9. The lowest BCUT2D eigenvalue weighted by Gasteiger charge is -2.45. The highest BCUT2D eigenvalue weighted by Crippen LogP contribution is 2.33. The average molecular weight is 282 g/mol. The van der Waals surface area contributed by atoms with Crippen LogP contribution >= 0.6 is 0 Å². The molecule has 3 rings (SSSR count). The quantitative estimate of drug-likeness (QED) is 0.806. The van der Waals surface area contributed by atoms with Crippen molar-refractivity contribution in [1.29, 1.82) is 0 Å². The topological polar surface area (TPSA) is 77.4 Å². The molecule has 1 aromatic rings. The summed E-state index contributed by atoms with van der Waals surface area (Å²) in [6.07, 6.45) is -4.76. The Bertz CT molecular complexity index is 437. The van der Waals surface area contributed by atoms with Gasteiger partial charge in [0.15, 0.2) is 12.6 Å². The minimum absolute atomic E-state index is 0.272. The minimum atomic E-state index is -1.14. The Balaban J connectivity index is 1.74.